The lowest BCUT2D eigenvalue weighted by Crippen LogP contribution is -2.64. The number of amides is 1. The van der Waals surface area contributed by atoms with Crippen LogP contribution >= 0.6 is 7.82 Å². The van der Waals surface area contributed by atoms with Crippen molar-refractivity contribution in [2.24, 2.45) is 0 Å². The maximum atomic E-state index is 12.7. The van der Waals surface area contributed by atoms with Gasteiger partial charge >= 0.3 is 7.82 Å². The minimum Gasteiger partial charge on any atom is -0.393 e. The van der Waals surface area contributed by atoms with Crippen LogP contribution in [0.1, 0.15) is 129 Å². The molecule has 1 saturated carbocycles. The molecule has 0 aromatic heterocycles. The Balaban J connectivity index is 2.44. The number of hydrogen-bond acceptors (Lipinski definition) is 11. The van der Waals surface area contributed by atoms with Crippen molar-refractivity contribution in [1.82, 2.24) is 5.32 Å². The Bertz CT molecular complexity index is 953. The number of phosphoric acid groups is 1. The van der Waals surface area contributed by atoms with Crippen LogP contribution in [0.3, 0.4) is 0 Å². The topological polar surface area (TPSA) is 226 Å². The van der Waals surface area contributed by atoms with Crippen LogP contribution in [0, 0.1) is 0 Å². The fourth-order valence-electron chi connectivity index (χ4n) is 5.65. The van der Waals surface area contributed by atoms with Crippen LogP contribution < -0.4 is 5.32 Å². The molecule has 13 nitrogen and oxygen atoms in total. The zero-order chi connectivity index (χ0) is 36.7. The summed E-state index contributed by atoms with van der Waals surface area (Å²) in [7, 11) is -5.11. The second-order valence-electron chi connectivity index (χ2n) is 13.3. The second-order valence-corrected chi connectivity index (χ2v) is 14.7. The minimum absolute atomic E-state index is 0.258. The van der Waals surface area contributed by atoms with E-state index in [9.17, 15) is 50.0 Å². The van der Waals surface area contributed by atoms with Gasteiger partial charge in [-0.2, -0.15) is 0 Å². The normalized spacial score (nSPS) is 26.2. The molecule has 0 saturated heterocycles. The minimum atomic E-state index is -5.11. The fourth-order valence-corrected chi connectivity index (χ4v) is 6.62. The maximum absolute atomic E-state index is 12.7. The van der Waals surface area contributed by atoms with Crippen molar-refractivity contribution < 1.29 is 59.0 Å². The van der Waals surface area contributed by atoms with Crippen LogP contribution in [0.5, 0.6) is 0 Å². The highest BCUT2D eigenvalue weighted by molar-refractivity contribution is 7.47. The summed E-state index contributed by atoms with van der Waals surface area (Å²) in [6, 6.07) is -1.24. The van der Waals surface area contributed by atoms with Gasteiger partial charge < -0.3 is 46.0 Å². The van der Waals surface area contributed by atoms with Gasteiger partial charge in [0.2, 0.25) is 5.91 Å². The second kappa shape index (κ2) is 26.5. The van der Waals surface area contributed by atoms with E-state index in [1.54, 1.807) is 6.08 Å². The predicted octanol–water partition coefficient (Wildman–Crippen LogP) is 3.69. The molecule has 14 heteroatoms. The molecular formula is C35H66NO12P. The molecule has 1 aliphatic carbocycles. The van der Waals surface area contributed by atoms with Gasteiger partial charge in [0, 0.05) is 0 Å². The van der Waals surface area contributed by atoms with Gasteiger partial charge in [0.25, 0.3) is 0 Å². The van der Waals surface area contributed by atoms with Gasteiger partial charge in [-0.25, -0.2) is 4.57 Å². The molecule has 0 aromatic carbocycles. The molecule has 0 radical (unpaired) electrons. The number of rotatable bonds is 28. The summed E-state index contributed by atoms with van der Waals surface area (Å²) >= 11 is 0. The monoisotopic (exact) mass is 723 g/mol. The number of allylic oxidation sites excluding steroid dienone is 3. The van der Waals surface area contributed by atoms with Crippen molar-refractivity contribution in [2.45, 2.75) is 184 Å². The Morgan fingerprint density at radius 2 is 1.22 bits per heavy atom. The first-order valence-corrected chi connectivity index (χ1v) is 19.9. The van der Waals surface area contributed by atoms with Gasteiger partial charge in [0.15, 0.2) is 0 Å². The highest BCUT2D eigenvalue weighted by atomic mass is 31.2. The van der Waals surface area contributed by atoms with E-state index in [-0.39, 0.29) is 6.42 Å². The molecule has 0 aliphatic heterocycles. The first kappa shape index (κ1) is 45.8. The SMILES string of the molecule is CCC/C=C/C(O)C(COP(=O)(O)OC1C(O)C(O)C(O)C(O)C1O)NC(=O)CC(O)CCCCC/C=C\CCCCCCCCCCC. The Kier molecular flexibility index (Phi) is 24.8. The number of carbonyl (C=O) groups is 1. The van der Waals surface area contributed by atoms with Crippen LogP contribution in [0.15, 0.2) is 24.3 Å². The van der Waals surface area contributed by atoms with Crippen molar-refractivity contribution in [3.63, 3.8) is 0 Å². The summed E-state index contributed by atoms with van der Waals surface area (Å²) in [5.74, 6) is -0.615. The molecule has 9 N–H and O–H groups in total. The third-order valence-corrected chi connectivity index (χ3v) is 9.75. The van der Waals surface area contributed by atoms with Crippen molar-refractivity contribution >= 4 is 13.7 Å². The van der Waals surface area contributed by atoms with Gasteiger partial charge in [0.05, 0.1) is 31.3 Å². The number of hydrogen-bond donors (Lipinski definition) is 9. The van der Waals surface area contributed by atoms with Crippen LogP contribution in [0.2, 0.25) is 0 Å². The number of aliphatic hydroxyl groups excluding tert-OH is 7. The van der Waals surface area contributed by atoms with Gasteiger partial charge in [0.1, 0.15) is 36.6 Å². The number of aliphatic hydroxyl groups is 7. The molecule has 8 unspecified atom stereocenters. The average molecular weight is 724 g/mol. The molecule has 1 aliphatic rings. The Morgan fingerprint density at radius 3 is 1.78 bits per heavy atom. The molecular weight excluding hydrogens is 657 g/mol. The van der Waals surface area contributed by atoms with E-state index >= 15 is 0 Å². The molecule has 1 fully saturated rings. The summed E-state index contributed by atoms with van der Waals surface area (Å²) < 4.78 is 22.4. The summed E-state index contributed by atoms with van der Waals surface area (Å²) in [6.45, 7) is 3.42. The highest BCUT2D eigenvalue weighted by Gasteiger charge is 2.51. The van der Waals surface area contributed by atoms with Crippen LogP contribution in [-0.2, 0) is 18.4 Å². The maximum Gasteiger partial charge on any atom is 0.472 e. The molecule has 8 atom stereocenters. The number of phosphoric ester groups is 1. The largest absolute Gasteiger partial charge is 0.472 e. The van der Waals surface area contributed by atoms with Crippen LogP contribution in [0.4, 0.5) is 0 Å². The van der Waals surface area contributed by atoms with Gasteiger partial charge in [-0.15, -0.1) is 0 Å². The van der Waals surface area contributed by atoms with E-state index in [0.717, 1.165) is 38.5 Å². The van der Waals surface area contributed by atoms with E-state index in [1.807, 2.05) is 6.92 Å². The lowest BCUT2D eigenvalue weighted by molar-refractivity contribution is -0.220. The van der Waals surface area contributed by atoms with E-state index < -0.39 is 75.2 Å². The van der Waals surface area contributed by atoms with Gasteiger partial charge in [-0.05, 0) is 38.5 Å². The van der Waals surface area contributed by atoms with Crippen molar-refractivity contribution in [2.75, 3.05) is 6.61 Å². The summed E-state index contributed by atoms with van der Waals surface area (Å²) in [5, 5.41) is 73.2. The van der Waals surface area contributed by atoms with Crippen molar-refractivity contribution in [3.8, 4) is 0 Å². The molecule has 49 heavy (non-hydrogen) atoms. The van der Waals surface area contributed by atoms with Gasteiger partial charge in [-0.3, -0.25) is 13.8 Å². The zero-order valence-corrected chi connectivity index (χ0v) is 30.5. The van der Waals surface area contributed by atoms with E-state index in [4.69, 9.17) is 9.05 Å². The Morgan fingerprint density at radius 1 is 0.714 bits per heavy atom. The fraction of sp³-hybridized carbons (Fsp3) is 0.857. The Hall–Kier alpha value is -1.22. The average Bonchev–Trinajstić information content (AvgIpc) is 3.06. The van der Waals surface area contributed by atoms with Crippen LogP contribution in [-0.4, -0.2) is 108 Å². The van der Waals surface area contributed by atoms with Crippen molar-refractivity contribution in [1.29, 1.82) is 0 Å². The standard InChI is InChI=1S/C35H66NO12P/c1-3-5-7-8-9-10-11-12-13-14-15-16-17-18-19-21-22-26(37)24-29(39)36-27(28(38)23-20-6-4-2)25-47-49(45,46)48-35-33(43)31(41)30(40)32(42)34(35)44/h15-16,20,23,26-28,30-35,37-38,40-44H,3-14,17-19,21-22,24-25H2,1-2H3,(H,36,39)(H,45,46)/b16-15-,23-20+. The first-order valence-electron chi connectivity index (χ1n) is 18.4. The molecule has 0 bridgehead atoms. The molecule has 1 amide bonds. The lowest BCUT2D eigenvalue weighted by atomic mass is 9.85. The summed E-state index contributed by atoms with van der Waals surface area (Å²) in [4.78, 5) is 23.0. The molecule has 0 spiro atoms. The number of unbranched alkanes of at least 4 members (excludes halogenated alkanes) is 13. The quantitative estimate of drug-likeness (QED) is 0.0320. The summed E-state index contributed by atoms with van der Waals surface area (Å²) in [5.41, 5.74) is 0. The van der Waals surface area contributed by atoms with E-state index in [2.05, 4.69) is 24.4 Å². The van der Waals surface area contributed by atoms with Gasteiger partial charge in [-0.1, -0.05) is 109 Å². The third kappa shape index (κ3) is 19.8. The van der Waals surface area contributed by atoms with Crippen molar-refractivity contribution in [3.05, 3.63) is 24.3 Å². The first-order chi connectivity index (χ1) is 23.3. The number of nitrogens with one attached hydrogen (secondary N) is 1. The molecule has 0 heterocycles. The molecule has 0 aromatic rings. The molecule has 288 valence electrons. The highest BCUT2D eigenvalue weighted by Crippen LogP contribution is 2.47. The number of carbonyl (C=O) groups excluding carboxylic acids is 1. The Labute approximate surface area is 293 Å². The third-order valence-electron chi connectivity index (χ3n) is 8.76. The summed E-state index contributed by atoms with van der Waals surface area (Å²) in [6.07, 6.45) is 11.4. The predicted molar refractivity (Wildman–Crippen MR) is 187 cm³/mol. The lowest BCUT2D eigenvalue weighted by Gasteiger charge is -2.41. The van der Waals surface area contributed by atoms with E-state index in [0.29, 0.717) is 12.8 Å². The van der Waals surface area contributed by atoms with Crippen LogP contribution in [0.25, 0.3) is 0 Å². The molecule has 1 rings (SSSR count). The van der Waals surface area contributed by atoms with E-state index in [1.165, 1.54) is 63.9 Å². The zero-order valence-electron chi connectivity index (χ0n) is 29.6. The smallest absolute Gasteiger partial charge is 0.393 e.